The van der Waals surface area contributed by atoms with Gasteiger partial charge in [-0.1, -0.05) is 30.3 Å². The molecule has 0 spiro atoms. The lowest BCUT2D eigenvalue weighted by atomic mass is 10.1. The highest BCUT2D eigenvalue weighted by molar-refractivity contribution is 7.90. The van der Waals surface area contributed by atoms with Gasteiger partial charge in [0, 0.05) is 30.9 Å². The molecule has 11 nitrogen and oxygen atoms in total. The Morgan fingerprint density at radius 3 is 2.17 bits per heavy atom. The molecule has 36 heavy (non-hydrogen) atoms. The quantitative estimate of drug-likeness (QED) is 0.315. The first kappa shape index (κ1) is 26.3. The van der Waals surface area contributed by atoms with Gasteiger partial charge in [0.2, 0.25) is 5.88 Å². The summed E-state index contributed by atoms with van der Waals surface area (Å²) in [5.74, 6) is -1.42. The first-order valence-electron chi connectivity index (χ1n) is 10.8. The number of amides is 3. The van der Waals surface area contributed by atoms with Gasteiger partial charge in [-0.3, -0.25) is 9.59 Å². The fourth-order valence-electron chi connectivity index (χ4n) is 2.96. The topological polar surface area (TPSA) is 164 Å². The molecule has 0 bridgehead atoms. The normalized spacial score (nSPS) is 10.8. The summed E-state index contributed by atoms with van der Waals surface area (Å²) < 4.78 is 31.9. The number of sulfonamides is 1. The van der Waals surface area contributed by atoms with Crippen molar-refractivity contribution in [1.29, 1.82) is 0 Å². The molecule has 0 unspecified atom stereocenters. The fourth-order valence-corrected chi connectivity index (χ4v) is 3.93. The van der Waals surface area contributed by atoms with Crippen molar-refractivity contribution in [2.45, 2.75) is 11.3 Å². The number of carbonyl (C=O) groups excluding carboxylic acids is 3. The first-order chi connectivity index (χ1) is 17.3. The number of nitrogens with zero attached hydrogens (tertiary/aromatic N) is 1. The molecule has 0 aliphatic carbocycles. The van der Waals surface area contributed by atoms with Crippen LogP contribution in [0.4, 0.5) is 4.79 Å². The van der Waals surface area contributed by atoms with E-state index < -0.39 is 22.0 Å². The average molecular weight is 513 g/mol. The standard InChI is InChI=1S/C24H24N4O7S/c29-15-14-26-24(32)35-21-11-8-19(16-27-21)23(31)28-36(33,34)20-9-6-18(7-10-20)22(30)25-13-12-17-4-2-1-3-5-17/h1-11,16,29H,12-15H2,(H,25,30)(H,26,32)(H,28,31). The van der Waals surface area contributed by atoms with Gasteiger partial charge in [0.15, 0.2) is 0 Å². The number of aromatic nitrogens is 1. The number of aliphatic hydroxyl groups excluding tert-OH is 1. The van der Waals surface area contributed by atoms with Crippen LogP contribution < -0.4 is 20.1 Å². The van der Waals surface area contributed by atoms with Gasteiger partial charge in [0.25, 0.3) is 21.8 Å². The zero-order valence-corrected chi connectivity index (χ0v) is 19.8. The van der Waals surface area contributed by atoms with Gasteiger partial charge in [-0.15, -0.1) is 0 Å². The number of pyridine rings is 1. The summed E-state index contributed by atoms with van der Waals surface area (Å²) in [6.07, 6.45) is 0.858. The highest BCUT2D eigenvalue weighted by atomic mass is 32.2. The second-order valence-corrected chi connectivity index (χ2v) is 9.06. The van der Waals surface area contributed by atoms with Crippen LogP contribution in [0.2, 0.25) is 0 Å². The zero-order valence-electron chi connectivity index (χ0n) is 19.0. The Morgan fingerprint density at radius 1 is 0.833 bits per heavy atom. The molecular formula is C24H24N4O7S. The van der Waals surface area contributed by atoms with Crippen LogP contribution in [-0.2, 0) is 16.4 Å². The summed E-state index contributed by atoms with van der Waals surface area (Å²) >= 11 is 0. The van der Waals surface area contributed by atoms with Crippen molar-refractivity contribution >= 4 is 27.9 Å². The van der Waals surface area contributed by atoms with Gasteiger partial charge >= 0.3 is 6.09 Å². The predicted molar refractivity (Wildman–Crippen MR) is 129 cm³/mol. The molecule has 1 heterocycles. The van der Waals surface area contributed by atoms with Gasteiger partial charge in [0.05, 0.1) is 17.1 Å². The van der Waals surface area contributed by atoms with Crippen molar-refractivity contribution in [2.24, 2.45) is 0 Å². The molecule has 1 aromatic heterocycles. The van der Waals surface area contributed by atoms with Crippen LogP contribution in [0, 0.1) is 0 Å². The lowest BCUT2D eigenvalue weighted by Gasteiger charge is -2.09. The summed E-state index contributed by atoms with van der Waals surface area (Å²) in [5.41, 5.74) is 1.27. The third kappa shape index (κ3) is 7.61. The predicted octanol–water partition coefficient (Wildman–Crippen LogP) is 1.25. The number of hydrogen-bond acceptors (Lipinski definition) is 8. The number of rotatable bonds is 10. The monoisotopic (exact) mass is 512 g/mol. The molecule has 4 N–H and O–H groups in total. The van der Waals surface area contributed by atoms with Crippen LogP contribution in [0.25, 0.3) is 0 Å². The van der Waals surface area contributed by atoms with Gasteiger partial charge in [0.1, 0.15) is 0 Å². The van der Waals surface area contributed by atoms with Crippen LogP contribution in [0.3, 0.4) is 0 Å². The minimum Gasteiger partial charge on any atom is -0.395 e. The highest BCUT2D eigenvalue weighted by Gasteiger charge is 2.20. The minimum absolute atomic E-state index is 0.00288. The molecule has 0 aliphatic rings. The van der Waals surface area contributed by atoms with Crippen LogP contribution in [0.5, 0.6) is 5.88 Å². The largest absolute Gasteiger partial charge is 0.414 e. The van der Waals surface area contributed by atoms with Crippen LogP contribution in [-0.4, -0.2) is 56.1 Å². The highest BCUT2D eigenvalue weighted by Crippen LogP contribution is 2.13. The zero-order chi connectivity index (χ0) is 26.0. The van der Waals surface area contributed by atoms with Gasteiger partial charge in [-0.25, -0.2) is 22.9 Å². The van der Waals surface area contributed by atoms with Crippen molar-refractivity contribution < 1.29 is 32.6 Å². The maximum atomic E-state index is 12.6. The third-order valence-electron chi connectivity index (χ3n) is 4.77. The second-order valence-electron chi connectivity index (χ2n) is 7.38. The van der Waals surface area contributed by atoms with Crippen LogP contribution in [0.15, 0.2) is 77.8 Å². The lowest BCUT2D eigenvalue weighted by molar-refractivity contribution is 0.0951. The minimum atomic E-state index is -4.22. The Balaban J connectivity index is 1.55. The summed E-state index contributed by atoms with van der Waals surface area (Å²) in [6.45, 7) is 0.155. The molecule has 0 saturated heterocycles. The fraction of sp³-hybridized carbons (Fsp3) is 0.167. The van der Waals surface area contributed by atoms with E-state index in [2.05, 4.69) is 15.6 Å². The van der Waals surface area contributed by atoms with Crippen molar-refractivity contribution in [2.75, 3.05) is 19.7 Å². The number of ether oxygens (including phenoxy) is 1. The van der Waals surface area contributed by atoms with Crippen molar-refractivity contribution in [3.05, 3.63) is 89.6 Å². The summed E-state index contributed by atoms with van der Waals surface area (Å²) in [5, 5.41) is 13.7. The molecule has 0 aliphatic heterocycles. The Morgan fingerprint density at radius 2 is 1.53 bits per heavy atom. The molecule has 0 radical (unpaired) electrons. The van der Waals surface area contributed by atoms with E-state index in [1.165, 1.54) is 36.4 Å². The van der Waals surface area contributed by atoms with E-state index in [1.807, 2.05) is 35.1 Å². The molecule has 0 saturated carbocycles. The number of hydrogen-bond donors (Lipinski definition) is 4. The number of benzene rings is 2. The summed E-state index contributed by atoms with van der Waals surface area (Å²) in [6, 6.07) is 17.3. The number of carbonyl (C=O) groups is 3. The maximum absolute atomic E-state index is 12.6. The third-order valence-corrected chi connectivity index (χ3v) is 6.12. The molecule has 3 amide bonds. The first-order valence-corrected chi connectivity index (χ1v) is 12.3. The van der Waals surface area contributed by atoms with E-state index in [1.54, 1.807) is 0 Å². The van der Waals surface area contributed by atoms with Crippen LogP contribution in [0.1, 0.15) is 26.3 Å². The van der Waals surface area contributed by atoms with E-state index >= 15 is 0 Å². The molecule has 3 aromatic rings. The maximum Gasteiger partial charge on any atom is 0.414 e. The summed E-state index contributed by atoms with van der Waals surface area (Å²) in [4.78, 5) is 39.7. The van der Waals surface area contributed by atoms with E-state index in [0.29, 0.717) is 13.0 Å². The Bertz CT molecular complexity index is 1300. The molecule has 12 heteroatoms. The smallest absolute Gasteiger partial charge is 0.395 e. The van der Waals surface area contributed by atoms with Crippen LogP contribution >= 0.6 is 0 Å². The van der Waals surface area contributed by atoms with Gasteiger partial charge in [-0.05, 0) is 42.3 Å². The SMILES string of the molecule is O=C(NCCO)Oc1ccc(C(=O)NS(=O)(=O)c2ccc(C(=O)NCCc3ccccc3)cc2)cn1. The molecule has 2 aromatic carbocycles. The van der Waals surface area contributed by atoms with E-state index in [4.69, 9.17) is 9.84 Å². The lowest BCUT2D eigenvalue weighted by Crippen LogP contribution is -2.31. The average Bonchev–Trinajstić information content (AvgIpc) is 2.88. The molecule has 3 rings (SSSR count). The Labute approximate surface area is 207 Å². The molecular weight excluding hydrogens is 488 g/mol. The summed E-state index contributed by atoms with van der Waals surface area (Å²) in [7, 11) is -4.22. The van der Waals surface area contributed by atoms with Gasteiger partial charge < -0.3 is 20.5 Å². The van der Waals surface area contributed by atoms with E-state index in [9.17, 15) is 22.8 Å². The van der Waals surface area contributed by atoms with Crippen molar-refractivity contribution in [1.82, 2.24) is 20.3 Å². The number of nitrogens with one attached hydrogen (secondary N) is 3. The Hall–Kier alpha value is -4.29. The Kier molecular flexibility index (Phi) is 9.08. The van der Waals surface area contributed by atoms with Gasteiger partial charge in [-0.2, -0.15) is 0 Å². The molecule has 188 valence electrons. The number of aliphatic hydroxyl groups is 1. The second kappa shape index (κ2) is 12.4. The van der Waals surface area contributed by atoms with Crippen molar-refractivity contribution in [3.63, 3.8) is 0 Å². The van der Waals surface area contributed by atoms with E-state index in [-0.39, 0.29) is 41.0 Å². The van der Waals surface area contributed by atoms with Crippen molar-refractivity contribution in [3.8, 4) is 5.88 Å². The van der Waals surface area contributed by atoms with E-state index in [0.717, 1.165) is 11.8 Å². The molecule has 0 fully saturated rings. The molecule has 0 atom stereocenters.